The summed E-state index contributed by atoms with van der Waals surface area (Å²) in [5, 5.41) is -0.561. The molecule has 0 N–H and O–H groups in total. The summed E-state index contributed by atoms with van der Waals surface area (Å²) in [4.78, 5) is 26.9. The number of ether oxygens (including phenoxy) is 2. The standard InChI is InChI=1S/C20H28N2O6S/c1-20(2,3)28-19(24)22-11-17(12-22)29(25,26)14-16-9-21(10-16)18(23)27-13-15-7-5-4-6-8-15/h4-8,16-17H,9-14H2,1-3H3. The first-order chi connectivity index (χ1) is 13.5. The maximum Gasteiger partial charge on any atom is 0.410 e. The summed E-state index contributed by atoms with van der Waals surface area (Å²) < 4.78 is 35.6. The van der Waals surface area contributed by atoms with Crippen LogP contribution in [0.5, 0.6) is 0 Å². The van der Waals surface area contributed by atoms with Crippen molar-refractivity contribution in [3.63, 3.8) is 0 Å². The van der Waals surface area contributed by atoms with Gasteiger partial charge in [-0.1, -0.05) is 30.3 Å². The Hall–Kier alpha value is -2.29. The van der Waals surface area contributed by atoms with Crippen molar-refractivity contribution in [3.05, 3.63) is 35.9 Å². The van der Waals surface area contributed by atoms with Crippen LogP contribution in [0.1, 0.15) is 26.3 Å². The SMILES string of the molecule is CC(C)(C)OC(=O)N1CC(S(=O)(=O)CC2CN(C(=O)OCc3ccccc3)C2)C1. The van der Waals surface area contributed by atoms with Crippen molar-refractivity contribution in [2.75, 3.05) is 31.9 Å². The van der Waals surface area contributed by atoms with Gasteiger partial charge in [0, 0.05) is 32.1 Å². The van der Waals surface area contributed by atoms with E-state index in [4.69, 9.17) is 9.47 Å². The van der Waals surface area contributed by atoms with E-state index in [1.807, 2.05) is 30.3 Å². The number of hydrogen-bond acceptors (Lipinski definition) is 6. The molecule has 0 atom stereocenters. The average molecular weight is 425 g/mol. The molecule has 0 spiro atoms. The molecule has 2 heterocycles. The molecule has 0 aliphatic carbocycles. The van der Waals surface area contributed by atoms with Crippen molar-refractivity contribution in [2.24, 2.45) is 5.92 Å². The molecule has 29 heavy (non-hydrogen) atoms. The molecular formula is C20H28N2O6S. The Balaban J connectivity index is 1.37. The fraction of sp³-hybridized carbons (Fsp3) is 0.600. The third-order valence-corrected chi connectivity index (χ3v) is 7.15. The van der Waals surface area contributed by atoms with Crippen LogP contribution in [0, 0.1) is 5.92 Å². The van der Waals surface area contributed by atoms with Crippen LogP contribution in [-0.4, -0.2) is 73.2 Å². The minimum atomic E-state index is -3.33. The Bertz CT molecular complexity index is 837. The van der Waals surface area contributed by atoms with Gasteiger partial charge in [0.15, 0.2) is 9.84 Å². The van der Waals surface area contributed by atoms with Crippen LogP contribution in [-0.2, 0) is 25.9 Å². The average Bonchev–Trinajstić information content (AvgIpc) is 2.53. The summed E-state index contributed by atoms with van der Waals surface area (Å²) in [5.74, 6) is -0.0812. The van der Waals surface area contributed by atoms with Crippen LogP contribution in [0.2, 0.25) is 0 Å². The predicted molar refractivity (Wildman–Crippen MR) is 107 cm³/mol. The first-order valence-corrected chi connectivity index (χ1v) is 11.4. The fourth-order valence-corrected chi connectivity index (χ4v) is 5.19. The molecule has 2 aliphatic heterocycles. The van der Waals surface area contributed by atoms with Crippen LogP contribution >= 0.6 is 0 Å². The lowest BCUT2D eigenvalue weighted by Crippen LogP contribution is -2.60. The monoisotopic (exact) mass is 424 g/mol. The molecule has 1 aromatic rings. The third-order valence-electron chi connectivity index (χ3n) is 4.90. The highest BCUT2D eigenvalue weighted by molar-refractivity contribution is 7.92. The lowest BCUT2D eigenvalue weighted by Gasteiger charge is -2.42. The lowest BCUT2D eigenvalue weighted by atomic mass is 10.0. The maximum absolute atomic E-state index is 12.5. The van der Waals surface area contributed by atoms with Crippen LogP contribution in [0.4, 0.5) is 9.59 Å². The molecule has 0 aromatic heterocycles. The second-order valence-electron chi connectivity index (χ2n) is 8.65. The molecule has 8 nitrogen and oxygen atoms in total. The van der Waals surface area contributed by atoms with Gasteiger partial charge in [0.1, 0.15) is 12.2 Å². The molecule has 160 valence electrons. The number of likely N-dealkylation sites (tertiary alicyclic amines) is 2. The number of benzene rings is 1. The maximum atomic E-state index is 12.5. The molecule has 2 aliphatic rings. The van der Waals surface area contributed by atoms with E-state index in [0.29, 0.717) is 13.1 Å². The van der Waals surface area contributed by atoms with E-state index in [2.05, 4.69) is 0 Å². The molecule has 9 heteroatoms. The van der Waals surface area contributed by atoms with E-state index in [0.717, 1.165) is 5.56 Å². The largest absolute Gasteiger partial charge is 0.445 e. The molecule has 2 amide bonds. The number of sulfone groups is 1. The van der Waals surface area contributed by atoms with Gasteiger partial charge in [-0.3, -0.25) is 0 Å². The molecule has 2 saturated heterocycles. The van der Waals surface area contributed by atoms with Gasteiger partial charge in [0.25, 0.3) is 0 Å². The first-order valence-electron chi connectivity index (χ1n) is 9.68. The van der Waals surface area contributed by atoms with E-state index in [1.165, 1.54) is 9.80 Å². The van der Waals surface area contributed by atoms with Crippen molar-refractivity contribution < 1.29 is 27.5 Å². The normalized spacial score (nSPS) is 18.0. The summed E-state index contributed by atoms with van der Waals surface area (Å²) in [7, 11) is -3.33. The van der Waals surface area contributed by atoms with Crippen molar-refractivity contribution in [1.82, 2.24) is 9.80 Å². The summed E-state index contributed by atoms with van der Waals surface area (Å²) >= 11 is 0. The van der Waals surface area contributed by atoms with E-state index in [-0.39, 0.29) is 31.4 Å². The lowest BCUT2D eigenvalue weighted by molar-refractivity contribution is 0.0137. The molecule has 2 fully saturated rings. The Morgan fingerprint density at radius 2 is 1.59 bits per heavy atom. The fourth-order valence-electron chi connectivity index (χ4n) is 3.24. The van der Waals surface area contributed by atoms with Crippen LogP contribution < -0.4 is 0 Å². The zero-order chi connectivity index (χ0) is 21.2. The number of amides is 2. The van der Waals surface area contributed by atoms with Gasteiger partial charge in [-0.25, -0.2) is 18.0 Å². The quantitative estimate of drug-likeness (QED) is 0.720. The Labute approximate surface area is 171 Å². The molecule has 0 bridgehead atoms. The van der Waals surface area contributed by atoms with Gasteiger partial charge < -0.3 is 19.3 Å². The predicted octanol–water partition coefficient (Wildman–Crippen LogP) is 2.29. The molecule has 0 unspecified atom stereocenters. The van der Waals surface area contributed by atoms with Crippen molar-refractivity contribution >= 4 is 22.0 Å². The number of hydrogen-bond donors (Lipinski definition) is 0. The minimum absolute atomic E-state index is 0.0162. The van der Waals surface area contributed by atoms with Crippen LogP contribution in [0.3, 0.4) is 0 Å². The zero-order valence-electron chi connectivity index (χ0n) is 17.0. The number of nitrogens with zero attached hydrogens (tertiary/aromatic N) is 2. The van der Waals surface area contributed by atoms with Gasteiger partial charge >= 0.3 is 12.2 Å². The number of carbonyl (C=O) groups is 2. The van der Waals surface area contributed by atoms with Gasteiger partial charge in [0.05, 0.1) is 11.0 Å². The van der Waals surface area contributed by atoms with E-state index >= 15 is 0 Å². The van der Waals surface area contributed by atoms with Gasteiger partial charge in [-0.2, -0.15) is 0 Å². The minimum Gasteiger partial charge on any atom is -0.445 e. The molecule has 3 rings (SSSR count). The molecular weight excluding hydrogens is 396 g/mol. The summed E-state index contributed by atoms with van der Waals surface area (Å²) in [6.45, 7) is 6.57. The van der Waals surface area contributed by atoms with Crippen molar-refractivity contribution in [2.45, 2.75) is 38.2 Å². The highest BCUT2D eigenvalue weighted by Gasteiger charge is 2.44. The summed E-state index contributed by atoms with van der Waals surface area (Å²) in [5.41, 5.74) is 0.297. The highest BCUT2D eigenvalue weighted by atomic mass is 32.2. The summed E-state index contributed by atoms with van der Waals surface area (Å²) in [6, 6.07) is 9.38. The zero-order valence-corrected chi connectivity index (χ0v) is 17.9. The third kappa shape index (κ3) is 5.62. The van der Waals surface area contributed by atoms with Crippen molar-refractivity contribution in [3.8, 4) is 0 Å². The highest BCUT2D eigenvalue weighted by Crippen LogP contribution is 2.25. The van der Waals surface area contributed by atoms with Crippen molar-refractivity contribution in [1.29, 1.82) is 0 Å². The van der Waals surface area contributed by atoms with Crippen LogP contribution in [0.25, 0.3) is 0 Å². The van der Waals surface area contributed by atoms with E-state index in [9.17, 15) is 18.0 Å². The number of carbonyl (C=O) groups excluding carboxylic acids is 2. The second-order valence-corrected chi connectivity index (χ2v) is 11.0. The smallest absolute Gasteiger partial charge is 0.410 e. The number of rotatable bonds is 5. The second kappa shape index (κ2) is 8.22. The Morgan fingerprint density at radius 3 is 2.17 bits per heavy atom. The molecule has 1 aromatic carbocycles. The van der Waals surface area contributed by atoms with Crippen LogP contribution in [0.15, 0.2) is 30.3 Å². The molecule has 0 saturated carbocycles. The topological polar surface area (TPSA) is 93.2 Å². The summed E-state index contributed by atoms with van der Waals surface area (Å²) in [6.07, 6.45) is -0.915. The van der Waals surface area contributed by atoms with E-state index in [1.54, 1.807) is 20.8 Å². The Kier molecular flexibility index (Phi) is 6.07. The van der Waals surface area contributed by atoms with Gasteiger partial charge in [-0.15, -0.1) is 0 Å². The molecule has 0 radical (unpaired) electrons. The Morgan fingerprint density at radius 1 is 1.00 bits per heavy atom. The van der Waals surface area contributed by atoms with E-state index < -0.39 is 32.9 Å². The van der Waals surface area contributed by atoms with Gasteiger partial charge in [0.2, 0.25) is 0 Å². The first kappa shape index (κ1) is 21.4. The van der Waals surface area contributed by atoms with Gasteiger partial charge in [-0.05, 0) is 26.3 Å².